The first-order valence-electron chi connectivity index (χ1n) is 8.49. The summed E-state index contributed by atoms with van der Waals surface area (Å²) in [5.41, 5.74) is 0.676. The van der Waals surface area contributed by atoms with Crippen LogP contribution in [-0.4, -0.2) is 59.2 Å². The molecule has 28 heavy (non-hydrogen) atoms. The smallest absolute Gasteiger partial charge is 0.355 e. The molecule has 0 spiro atoms. The first-order chi connectivity index (χ1) is 13.4. The molecule has 0 bridgehead atoms. The molecule has 0 unspecified atom stereocenters. The van der Waals surface area contributed by atoms with Crippen molar-refractivity contribution in [2.45, 2.75) is 0 Å². The maximum Gasteiger partial charge on any atom is 0.355 e. The van der Waals surface area contributed by atoms with E-state index in [1.54, 1.807) is 59.9 Å². The third kappa shape index (κ3) is 6.01. The number of amides is 2. The fourth-order valence-corrected chi connectivity index (χ4v) is 2.26. The Bertz CT molecular complexity index is 784. The number of aromatic nitrogens is 2. The summed E-state index contributed by atoms with van der Waals surface area (Å²) >= 11 is 0. The van der Waals surface area contributed by atoms with Gasteiger partial charge in [0.05, 0.1) is 0 Å². The van der Waals surface area contributed by atoms with E-state index in [0.717, 1.165) is 0 Å². The summed E-state index contributed by atoms with van der Waals surface area (Å²) in [5, 5.41) is 5.00. The molecular formula is C18H22N4O6. The Morgan fingerprint density at radius 3 is 1.50 bits per heavy atom. The van der Waals surface area contributed by atoms with Gasteiger partial charge in [0.2, 0.25) is 0 Å². The molecule has 2 N–H and O–H groups in total. The highest BCUT2D eigenvalue weighted by Crippen LogP contribution is 2.02. The predicted octanol–water partition coefficient (Wildman–Crippen LogP) is -0.390. The minimum absolute atomic E-state index is 0.137. The van der Waals surface area contributed by atoms with Crippen molar-refractivity contribution in [2.24, 2.45) is 14.1 Å². The fourth-order valence-electron chi connectivity index (χ4n) is 2.26. The number of ether oxygens (including phenoxy) is 2. The van der Waals surface area contributed by atoms with Gasteiger partial charge in [-0.05, 0) is 24.3 Å². The van der Waals surface area contributed by atoms with Crippen LogP contribution >= 0.6 is 0 Å². The minimum atomic E-state index is -0.601. The van der Waals surface area contributed by atoms with Crippen molar-refractivity contribution in [3.8, 4) is 0 Å². The second kappa shape index (κ2) is 9.95. The molecule has 0 saturated carbocycles. The molecule has 0 aliphatic heterocycles. The van der Waals surface area contributed by atoms with Gasteiger partial charge in [-0.25, -0.2) is 9.59 Å². The first-order valence-corrected chi connectivity index (χ1v) is 8.49. The van der Waals surface area contributed by atoms with E-state index < -0.39 is 37.0 Å². The highest BCUT2D eigenvalue weighted by molar-refractivity contribution is 5.90. The third-order valence-electron chi connectivity index (χ3n) is 3.74. The van der Waals surface area contributed by atoms with Gasteiger partial charge in [0.25, 0.3) is 11.8 Å². The van der Waals surface area contributed by atoms with Crippen molar-refractivity contribution < 1.29 is 28.7 Å². The van der Waals surface area contributed by atoms with E-state index in [1.165, 1.54) is 0 Å². The standard InChI is InChI=1S/C18H22N4O6/c1-21-9-3-5-13(21)17(25)27-11-15(23)19-7-8-20-16(24)12-28-18(26)14-6-4-10-22(14)2/h3-6,9-10H,7-8,11-12H2,1-2H3,(H,19,23)(H,20,24). The maximum absolute atomic E-state index is 11.8. The fraction of sp³-hybridized carbons (Fsp3) is 0.333. The van der Waals surface area contributed by atoms with Crippen molar-refractivity contribution in [1.29, 1.82) is 0 Å². The summed E-state index contributed by atoms with van der Waals surface area (Å²) in [6, 6.07) is 6.55. The number of aryl methyl sites for hydroxylation is 2. The molecule has 0 aliphatic rings. The van der Waals surface area contributed by atoms with Crippen LogP contribution in [0.1, 0.15) is 21.0 Å². The number of hydrogen-bond acceptors (Lipinski definition) is 6. The maximum atomic E-state index is 11.8. The molecule has 10 heteroatoms. The first kappa shape index (κ1) is 20.7. The van der Waals surface area contributed by atoms with Crippen molar-refractivity contribution in [1.82, 2.24) is 19.8 Å². The average Bonchev–Trinajstić information content (AvgIpc) is 3.29. The van der Waals surface area contributed by atoms with Crippen LogP contribution < -0.4 is 10.6 Å². The van der Waals surface area contributed by atoms with Gasteiger partial charge in [0.1, 0.15) is 11.4 Å². The van der Waals surface area contributed by atoms with E-state index in [2.05, 4.69) is 10.6 Å². The van der Waals surface area contributed by atoms with Gasteiger partial charge >= 0.3 is 11.9 Å². The lowest BCUT2D eigenvalue weighted by Crippen LogP contribution is -2.38. The number of nitrogens with one attached hydrogen (secondary N) is 2. The zero-order valence-electron chi connectivity index (χ0n) is 15.6. The second-order valence-electron chi connectivity index (χ2n) is 5.86. The van der Waals surface area contributed by atoms with E-state index in [-0.39, 0.29) is 13.1 Å². The molecule has 0 saturated heterocycles. The third-order valence-corrected chi connectivity index (χ3v) is 3.74. The monoisotopic (exact) mass is 390 g/mol. The molecule has 0 atom stereocenters. The number of nitrogens with zero attached hydrogens (tertiary/aromatic N) is 2. The van der Waals surface area contributed by atoms with Crippen molar-refractivity contribution in [2.75, 3.05) is 26.3 Å². The molecular weight excluding hydrogens is 368 g/mol. The summed E-state index contributed by atoms with van der Waals surface area (Å²) in [5.74, 6) is -2.19. The van der Waals surface area contributed by atoms with Crippen LogP contribution in [0.5, 0.6) is 0 Å². The summed E-state index contributed by atoms with van der Waals surface area (Å²) in [6.07, 6.45) is 3.38. The molecule has 0 aromatic carbocycles. The van der Waals surface area contributed by atoms with Gasteiger partial charge in [-0.15, -0.1) is 0 Å². The zero-order chi connectivity index (χ0) is 20.5. The van der Waals surface area contributed by atoms with Crippen LogP contribution in [0, 0.1) is 0 Å². The van der Waals surface area contributed by atoms with Gasteiger partial charge in [-0.1, -0.05) is 0 Å². The lowest BCUT2D eigenvalue weighted by atomic mass is 10.4. The molecule has 2 heterocycles. The van der Waals surface area contributed by atoms with Crippen LogP contribution in [0.25, 0.3) is 0 Å². The Morgan fingerprint density at radius 2 is 1.18 bits per heavy atom. The summed E-state index contributed by atoms with van der Waals surface area (Å²) in [4.78, 5) is 46.8. The lowest BCUT2D eigenvalue weighted by molar-refractivity contribution is -0.125. The number of rotatable bonds is 9. The normalized spacial score (nSPS) is 10.2. The second-order valence-corrected chi connectivity index (χ2v) is 5.86. The van der Waals surface area contributed by atoms with Gasteiger partial charge in [-0.3, -0.25) is 9.59 Å². The van der Waals surface area contributed by atoms with Gasteiger partial charge in [0, 0.05) is 39.6 Å². The van der Waals surface area contributed by atoms with E-state index in [4.69, 9.17) is 9.47 Å². The molecule has 2 rings (SSSR count). The zero-order valence-corrected chi connectivity index (χ0v) is 15.6. The molecule has 0 radical (unpaired) electrons. The van der Waals surface area contributed by atoms with E-state index in [1.807, 2.05) is 0 Å². The largest absolute Gasteiger partial charge is 0.451 e. The average molecular weight is 390 g/mol. The topological polar surface area (TPSA) is 121 Å². The van der Waals surface area contributed by atoms with Crippen molar-refractivity contribution >= 4 is 23.8 Å². The van der Waals surface area contributed by atoms with Crippen molar-refractivity contribution in [3.05, 3.63) is 48.0 Å². The van der Waals surface area contributed by atoms with Crippen LogP contribution in [0.15, 0.2) is 36.7 Å². The Kier molecular flexibility index (Phi) is 7.37. The summed E-state index contributed by atoms with van der Waals surface area (Å²) in [6.45, 7) is -0.575. The summed E-state index contributed by atoms with van der Waals surface area (Å²) in [7, 11) is 3.38. The minimum Gasteiger partial charge on any atom is -0.451 e. The number of esters is 2. The molecule has 2 amide bonds. The molecule has 10 nitrogen and oxygen atoms in total. The van der Waals surface area contributed by atoms with E-state index in [0.29, 0.717) is 11.4 Å². The van der Waals surface area contributed by atoms with Crippen molar-refractivity contribution in [3.63, 3.8) is 0 Å². The molecule has 0 aliphatic carbocycles. The quantitative estimate of drug-likeness (QED) is 0.444. The van der Waals surface area contributed by atoms with Gasteiger partial charge in [0.15, 0.2) is 13.2 Å². The van der Waals surface area contributed by atoms with Gasteiger partial charge < -0.3 is 29.2 Å². The predicted molar refractivity (Wildman–Crippen MR) is 97.4 cm³/mol. The van der Waals surface area contributed by atoms with Crippen LogP contribution in [0.2, 0.25) is 0 Å². The highest BCUT2D eigenvalue weighted by atomic mass is 16.5. The summed E-state index contributed by atoms with van der Waals surface area (Å²) < 4.78 is 13.0. The Labute approximate surface area is 161 Å². The number of carbonyl (C=O) groups excluding carboxylic acids is 4. The Hall–Kier alpha value is -3.56. The van der Waals surface area contributed by atoms with Crippen LogP contribution in [0.3, 0.4) is 0 Å². The van der Waals surface area contributed by atoms with E-state index in [9.17, 15) is 19.2 Å². The number of hydrogen-bond donors (Lipinski definition) is 2. The number of carbonyl (C=O) groups is 4. The molecule has 150 valence electrons. The Morgan fingerprint density at radius 1 is 0.786 bits per heavy atom. The molecule has 0 fully saturated rings. The van der Waals surface area contributed by atoms with Crippen LogP contribution in [0.4, 0.5) is 0 Å². The molecule has 2 aromatic rings. The molecule has 2 aromatic heterocycles. The van der Waals surface area contributed by atoms with Crippen LogP contribution in [-0.2, 0) is 33.2 Å². The van der Waals surface area contributed by atoms with E-state index >= 15 is 0 Å². The highest BCUT2D eigenvalue weighted by Gasteiger charge is 2.13. The SMILES string of the molecule is Cn1cccc1C(=O)OCC(=O)NCCNC(=O)COC(=O)c1cccn1C. The lowest BCUT2D eigenvalue weighted by Gasteiger charge is -2.09. The van der Waals surface area contributed by atoms with Gasteiger partial charge in [-0.2, -0.15) is 0 Å². The Balaban J connectivity index is 1.56.